The van der Waals surface area contributed by atoms with Gasteiger partial charge in [-0.05, 0) is 25.4 Å². The second-order valence-electron chi connectivity index (χ2n) is 2.76. The van der Waals surface area contributed by atoms with E-state index in [1.165, 1.54) is 11.5 Å². The van der Waals surface area contributed by atoms with Crippen molar-refractivity contribution in [1.82, 2.24) is 19.7 Å². The molecular formula is C7H7ClN4OS. The summed E-state index contributed by atoms with van der Waals surface area (Å²) in [4.78, 5) is 4.93. The van der Waals surface area contributed by atoms with Crippen molar-refractivity contribution >= 4 is 23.1 Å². The molecule has 0 aliphatic heterocycles. The number of alkyl halides is 1. The first-order valence-electron chi connectivity index (χ1n) is 3.95. The smallest absolute Gasteiger partial charge is 0.271 e. The van der Waals surface area contributed by atoms with Gasteiger partial charge in [-0.3, -0.25) is 0 Å². The van der Waals surface area contributed by atoms with Crippen molar-refractivity contribution in [3.05, 3.63) is 11.5 Å². The van der Waals surface area contributed by atoms with Crippen molar-refractivity contribution in [2.75, 3.05) is 0 Å². The van der Waals surface area contributed by atoms with Crippen LogP contribution >= 0.6 is 23.1 Å². The average Bonchev–Trinajstić information content (AvgIpc) is 2.71. The number of halogens is 1. The number of aryl methyl sites for hydroxylation is 1. The maximum Gasteiger partial charge on any atom is 0.271 e. The molecule has 0 aliphatic rings. The topological polar surface area (TPSA) is 64.7 Å². The van der Waals surface area contributed by atoms with E-state index >= 15 is 0 Å². The molecule has 2 aromatic rings. The van der Waals surface area contributed by atoms with Gasteiger partial charge in [0.25, 0.3) is 5.89 Å². The summed E-state index contributed by atoms with van der Waals surface area (Å²) in [6.45, 7) is 3.63. The van der Waals surface area contributed by atoms with Gasteiger partial charge in [0.05, 0.1) is 11.1 Å². The molecule has 0 aliphatic carbocycles. The first kappa shape index (κ1) is 9.54. The van der Waals surface area contributed by atoms with Crippen LogP contribution in [0.3, 0.4) is 0 Å². The summed E-state index contributed by atoms with van der Waals surface area (Å²) >= 11 is 7.03. The predicted molar refractivity (Wildman–Crippen MR) is 52.2 cm³/mol. The SMILES string of the molecule is Cc1nnsc1-c1nc(C(C)Cl)no1. The number of hydrogen-bond acceptors (Lipinski definition) is 6. The monoisotopic (exact) mass is 230 g/mol. The Bertz CT molecular complexity index is 438. The number of rotatable bonds is 2. The van der Waals surface area contributed by atoms with Crippen LogP contribution in [0.25, 0.3) is 10.8 Å². The standard InChI is InChI=1S/C7H7ClN4OS/c1-3(8)6-9-7(13-11-6)5-4(2)10-12-14-5/h3H,1-2H3. The minimum atomic E-state index is -0.256. The second kappa shape index (κ2) is 3.62. The van der Waals surface area contributed by atoms with Crippen LogP contribution in [0, 0.1) is 6.92 Å². The quantitative estimate of drug-likeness (QED) is 0.740. The molecule has 0 N–H and O–H groups in total. The first-order chi connectivity index (χ1) is 6.68. The molecule has 2 rings (SSSR count). The van der Waals surface area contributed by atoms with E-state index in [9.17, 15) is 0 Å². The maximum absolute atomic E-state index is 5.80. The van der Waals surface area contributed by atoms with Crippen molar-refractivity contribution < 1.29 is 4.52 Å². The third-order valence-corrected chi connectivity index (χ3v) is 2.65. The van der Waals surface area contributed by atoms with Gasteiger partial charge in [-0.25, -0.2) is 0 Å². The van der Waals surface area contributed by atoms with Crippen molar-refractivity contribution in [2.45, 2.75) is 19.2 Å². The Hall–Kier alpha value is -1.01. The molecule has 0 spiro atoms. The highest BCUT2D eigenvalue weighted by Gasteiger charge is 2.16. The Balaban J connectivity index is 2.39. The molecule has 5 nitrogen and oxygen atoms in total. The highest BCUT2D eigenvalue weighted by molar-refractivity contribution is 7.09. The Morgan fingerprint density at radius 1 is 1.50 bits per heavy atom. The van der Waals surface area contributed by atoms with Crippen molar-refractivity contribution in [3.63, 3.8) is 0 Å². The van der Waals surface area contributed by atoms with Crippen molar-refractivity contribution in [2.24, 2.45) is 0 Å². The van der Waals surface area contributed by atoms with Crippen LogP contribution in [-0.4, -0.2) is 19.7 Å². The lowest BCUT2D eigenvalue weighted by Gasteiger charge is -1.89. The third kappa shape index (κ3) is 1.62. The van der Waals surface area contributed by atoms with Gasteiger partial charge >= 0.3 is 0 Å². The summed E-state index contributed by atoms with van der Waals surface area (Å²) in [6.07, 6.45) is 0. The van der Waals surface area contributed by atoms with Crippen LogP contribution in [0.2, 0.25) is 0 Å². The third-order valence-electron chi connectivity index (χ3n) is 1.64. The Morgan fingerprint density at radius 2 is 2.29 bits per heavy atom. The van der Waals surface area contributed by atoms with Gasteiger partial charge in [-0.15, -0.1) is 16.7 Å². The number of aromatic nitrogens is 4. The van der Waals surface area contributed by atoms with E-state index in [1.54, 1.807) is 6.92 Å². The molecule has 7 heteroatoms. The first-order valence-corrected chi connectivity index (χ1v) is 5.16. The molecule has 0 aromatic carbocycles. The second-order valence-corrected chi connectivity index (χ2v) is 4.17. The molecule has 0 bridgehead atoms. The van der Waals surface area contributed by atoms with Crippen LogP contribution in [0.15, 0.2) is 4.52 Å². The van der Waals surface area contributed by atoms with Crippen molar-refractivity contribution in [3.8, 4) is 10.8 Å². The molecule has 0 amide bonds. The Labute approximate surface area is 89.3 Å². The molecular weight excluding hydrogens is 224 g/mol. The minimum absolute atomic E-state index is 0.256. The fraction of sp³-hybridized carbons (Fsp3) is 0.429. The zero-order valence-electron chi connectivity index (χ0n) is 7.56. The van der Waals surface area contributed by atoms with E-state index < -0.39 is 0 Å². The van der Waals surface area contributed by atoms with Gasteiger partial charge in [0.2, 0.25) is 0 Å². The summed E-state index contributed by atoms with van der Waals surface area (Å²) in [5.41, 5.74) is 0.785. The molecule has 0 saturated carbocycles. The van der Waals surface area contributed by atoms with Crippen molar-refractivity contribution in [1.29, 1.82) is 0 Å². The summed E-state index contributed by atoms with van der Waals surface area (Å²) in [6, 6.07) is 0. The fourth-order valence-corrected chi connectivity index (χ4v) is 1.58. The molecule has 74 valence electrons. The normalized spacial score (nSPS) is 13.1. The Kier molecular flexibility index (Phi) is 2.47. The van der Waals surface area contributed by atoms with E-state index in [1.807, 2.05) is 6.92 Å². The number of nitrogens with zero attached hydrogens (tertiary/aromatic N) is 4. The molecule has 0 fully saturated rings. The highest BCUT2D eigenvalue weighted by atomic mass is 35.5. The van der Waals surface area contributed by atoms with Crippen LogP contribution in [0.1, 0.15) is 23.8 Å². The van der Waals surface area contributed by atoms with E-state index in [0.29, 0.717) is 11.7 Å². The largest absolute Gasteiger partial charge is 0.333 e. The van der Waals surface area contributed by atoms with Crippen LogP contribution in [0.4, 0.5) is 0 Å². The lowest BCUT2D eigenvalue weighted by molar-refractivity contribution is 0.423. The molecule has 2 heterocycles. The minimum Gasteiger partial charge on any atom is -0.333 e. The lowest BCUT2D eigenvalue weighted by Crippen LogP contribution is -1.86. The van der Waals surface area contributed by atoms with Gasteiger partial charge in [-0.1, -0.05) is 9.64 Å². The summed E-state index contributed by atoms with van der Waals surface area (Å²) < 4.78 is 8.82. The molecule has 0 saturated heterocycles. The van der Waals surface area contributed by atoms with Gasteiger partial charge in [0.15, 0.2) is 5.82 Å². The zero-order valence-corrected chi connectivity index (χ0v) is 9.13. The molecule has 1 atom stereocenters. The van der Waals surface area contributed by atoms with Gasteiger partial charge in [0.1, 0.15) is 4.88 Å². The lowest BCUT2D eigenvalue weighted by atomic mass is 10.4. The Morgan fingerprint density at radius 3 is 2.79 bits per heavy atom. The van der Waals surface area contributed by atoms with Crippen LogP contribution in [0.5, 0.6) is 0 Å². The average molecular weight is 231 g/mol. The fourth-order valence-electron chi connectivity index (χ4n) is 0.916. The van der Waals surface area contributed by atoms with Crippen LogP contribution in [-0.2, 0) is 0 Å². The zero-order chi connectivity index (χ0) is 10.1. The van der Waals surface area contributed by atoms with Gasteiger partial charge in [0, 0.05) is 0 Å². The number of hydrogen-bond donors (Lipinski definition) is 0. The van der Waals surface area contributed by atoms with E-state index in [2.05, 4.69) is 19.7 Å². The summed E-state index contributed by atoms with van der Waals surface area (Å²) in [5.74, 6) is 0.912. The molecule has 0 radical (unpaired) electrons. The molecule has 14 heavy (non-hydrogen) atoms. The highest BCUT2D eigenvalue weighted by Crippen LogP contribution is 2.25. The molecule has 1 unspecified atom stereocenters. The van der Waals surface area contributed by atoms with Crippen LogP contribution < -0.4 is 0 Å². The van der Waals surface area contributed by atoms with Gasteiger partial charge < -0.3 is 4.52 Å². The summed E-state index contributed by atoms with van der Waals surface area (Å²) in [5, 5.41) is 7.34. The van der Waals surface area contributed by atoms with E-state index in [-0.39, 0.29) is 5.38 Å². The van der Waals surface area contributed by atoms with E-state index in [0.717, 1.165) is 10.6 Å². The van der Waals surface area contributed by atoms with Gasteiger partial charge in [-0.2, -0.15) is 4.98 Å². The molecule has 2 aromatic heterocycles. The maximum atomic E-state index is 5.80. The predicted octanol–water partition coefficient (Wildman–Crippen LogP) is 2.20. The summed E-state index contributed by atoms with van der Waals surface area (Å²) in [7, 11) is 0. The van der Waals surface area contributed by atoms with E-state index in [4.69, 9.17) is 16.1 Å².